The lowest BCUT2D eigenvalue weighted by Crippen LogP contribution is -2.02. The second kappa shape index (κ2) is 7.38. The zero-order chi connectivity index (χ0) is 7.98. The molecule has 0 aliphatic rings. The minimum Gasteiger partial charge on any atom is -0.123 e. The van der Waals surface area contributed by atoms with Gasteiger partial charge in [-0.3, -0.25) is 0 Å². The maximum atomic E-state index is 5.97. The van der Waals surface area contributed by atoms with Gasteiger partial charge in [-0.25, -0.2) is 0 Å². The van der Waals surface area contributed by atoms with Crippen molar-refractivity contribution in [2.24, 2.45) is 0 Å². The Morgan fingerprint density at radius 2 is 1.90 bits per heavy atom. The van der Waals surface area contributed by atoms with E-state index in [-0.39, 0.29) is 0 Å². The first kappa shape index (κ1) is 11.7. The molecule has 0 N–H and O–H groups in total. The fourth-order valence-electron chi connectivity index (χ4n) is 0.610. The van der Waals surface area contributed by atoms with E-state index in [0.29, 0.717) is 9.11 Å². The van der Waals surface area contributed by atoms with Crippen molar-refractivity contribution in [3.8, 4) is 0 Å². The maximum Gasteiger partial charge on any atom is 0.0711 e. The zero-order valence-electron chi connectivity index (χ0n) is 5.49. The van der Waals surface area contributed by atoms with Crippen molar-refractivity contribution in [1.82, 2.24) is 0 Å². The van der Waals surface area contributed by atoms with Crippen LogP contribution >= 0.6 is 59.4 Å². The number of halogens is 4. The normalized spacial score (nSPS) is 14.1. The summed E-state index contributed by atoms with van der Waals surface area (Å²) in [6, 6.07) is 0. The summed E-state index contributed by atoms with van der Waals surface area (Å²) in [7, 11) is 0. The fourth-order valence-corrected chi connectivity index (χ4v) is 2.60. The van der Waals surface area contributed by atoms with Crippen LogP contribution in [0.5, 0.6) is 0 Å². The predicted octanol–water partition coefficient (Wildman–Crippen LogP) is 4.27. The highest BCUT2D eigenvalue weighted by atomic mass is 79.9. The van der Waals surface area contributed by atoms with Gasteiger partial charge < -0.3 is 0 Å². The van der Waals surface area contributed by atoms with Crippen molar-refractivity contribution in [3.05, 3.63) is 0 Å². The van der Waals surface area contributed by atoms with Gasteiger partial charge in [0.25, 0.3) is 0 Å². The van der Waals surface area contributed by atoms with Crippen LogP contribution in [0.2, 0.25) is 0 Å². The molecule has 0 bridgehead atoms. The average molecular weight is 357 g/mol. The molecule has 0 spiro atoms. The Balaban J connectivity index is 3.16. The molecule has 0 fully saturated rings. The van der Waals surface area contributed by atoms with Gasteiger partial charge >= 0.3 is 0 Å². The summed E-state index contributed by atoms with van der Waals surface area (Å²) in [5.41, 5.74) is 0. The number of hydrogen-bond acceptors (Lipinski definition) is 0. The first-order valence-electron chi connectivity index (χ1n) is 3.15. The summed E-state index contributed by atoms with van der Waals surface area (Å²) in [5.74, 6) is 0. The third-order valence-electron chi connectivity index (χ3n) is 1.08. The van der Waals surface area contributed by atoms with Crippen LogP contribution in [0.15, 0.2) is 0 Å². The highest BCUT2D eigenvalue weighted by Gasteiger charge is 2.07. The van der Waals surface area contributed by atoms with Gasteiger partial charge in [0.1, 0.15) is 0 Å². The van der Waals surface area contributed by atoms with Crippen molar-refractivity contribution in [3.63, 3.8) is 0 Å². The molecule has 0 nitrogen and oxygen atoms in total. The quantitative estimate of drug-likeness (QED) is 0.645. The maximum absolute atomic E-state index is 5.97. The van der Waals surface area contributed by atoms with Crippen LogP contribution in [0.4, 0.5) is 0 Å². The zero-order valence-corrected chi connectivity index (χ0v) is 11.0. The van der Waals surface area contributed by atoms with E-state index < -0.39 is 0 Å². The first-order valence-corrected chi connectivity index (χ1v) is 6.54. The summed E-state index contributed by atoms with van der Waals surface area (Å²) in [6.45, 7) is 0. The molecule has 0 amide bonds. The van der Waals surface area contributed by atoms with Crippen LogP contribution in [0.3, 0.4) is 0 Å². The fraction of sp³-hybridized carbons (Fsp3) is 1.00. The molecular weight excluding hydrogens is 347 g/mol. The lowest BCUT2D eigenvalue weighted by molar-refractivity contribution is 0.717. The monoisotopic (exact) mass is 354 g/mol. The van der Waals surface area contributed by atoms with Gasteiger partial charge in [0.15, 0.2) is 0 Å². The molecule has 0 radical (unpaired) electrons. The minimum absolute atomic E-state index is 0.293. The first-order chi connectivity index (χ1) is 4.66. The van der Waals surface area contributed by atoms with Crippen LogP contribution in [0.25, 0.3) is 0 Å². The van der Waals surface area contributed by atoms with Crippen LogP contribution in [0, 0.1) is 0 Å². The van der Waals surface area contributed by atoms with Gasteiger partial charge in [0.2, 0.25) is 0 Å². The van der Waals surface area contributed by atoms with Gasteiger partial charge in [0, 0.05) is 10.7 Å². The van der Waals surface area contributed by atoms with E-state index in [1.807, 2.05) is 0 Å². The third-order valence-corrected chi connectivity index (χ3v) is 2.79. The van der Waals surface area contributed by atoms with E-state index >= 15 is 0 Å². The van der Waals surface area contributed by atoms with E-state index in [0.717, 1.165) is 24.6 Å². The second-order valence-corrected chi connectivity index (χ2v) is 6.90. The molecule has 0 aromatic carbocycles. The van der Waals surface area contributed by atoms with Gasteiger partial charge in [-0.2, -0.15) is 0 Å². The molecule has 0 saturated carbocycles. The van der Waals surface area contributed by atoms with Crippen molar-refractivity contribution < 1.29 is 0 Å². The molecule has 0 aliphatic heterocycles. The molecule has 0 saturated heterocycles. The minimum atomic E-state index is 0.293. The average Bonchev–Trinajstić information content (AvgIpc) is 1.82. The predicted molar refractivity (Wildman–Crippen MR) is 58.9 cm³/mol. The Labute approximate surface area is 92.5 Å². The number of rotatable bonds is 5. The van der Waals surface area contributed by atoms with Gasteiger partial charge in [-0.05, 0) is 19.3 Å². The Bertz CT molecular complexity index is 77.4. The molecule has 0 aromatic rings. The molecule has 62 valence electrons. The number of alkyl halides is 4. The van der Waals surface area contributed by atoms with Crippen molar-refractivity contribution in [1.29, 1.82) is 0 Å². The lowest BCUT2D eigenvalue weighted by Gasteiger charge is -2.07. The van der Waals surface area contributed by atoms with Crippen LogP contribution in [-0.2, 0) is 0 Å². The van der Waals surface area contributed by atoms with Gasteiger partial charge in [0.05, 0.1) is 3.74 Å². The lowest BCUT2D eigenvalue weighted by atomic mass is 10.2. The van der Waals surface area contributed by atoms with Crippen LogP contribution in [0.1, 0.15) is 19.3 Å². The molecule has 10 heavy (non-hydrogen) atoms. The van der Waals surface area contributed by atoms with Gasteiger partial charge in [-0.15, -0.1) is 11.6 Å². The summed E-state index contributed by atoms with van der Waals surface area (Å²) in [5, 5.41) is 1.34. The summed E-state index contributed by atoms with van der Waals surface area (Å²) < 4.78 is 0.359. The van der Waals surface area contributed by atoms with E-state index in [4.69, 9.17) is 11.6 Å². The number of hydrogen-bond donors (Lipinski definition) is 0. The summed E-state index contributed by atoms with van der Waals surface area (Å²) in [6.07, 6.45) is 3.22. The SMILES string of the molecule is ClC(CCCBr)CC(Br)Br. The van der Waals surface area contributed by atoms with Crippen molar-refractivity contribution >= 4 is 59.4 Å². The van der Waals surface area contributed by atoms with Crippen LogP contribution in [-0.4, -0.2) is 14.4 Å². The molecule has 1 unspecified atom stereocenters. The molecule has 0 rings (SSSR count). The van der Waals surface area contributed by atoms with E-state index in [9.17, 15) is 0 Å². The smallest absolute Gasteiger partial charge is 0.0711 e. The molecule has 1 atom stereocenters. The highest BCUT2D eigenvalue weighted by Crippen LogP contribution is 2.21. The summed E-state index contributed by atoms with van der Waals surface area (Å²) in [4.78, 5) is 0. The topological polar surface area (TPSA) is 0 Å². The van der Waals surface area contributed by atoms with E-state index in [1.165, 1.54) is 0 Å². The second-order valence-electron chi connectivity index (χ2n) is 2.06. The molecule has 0 heterocycles. The van der Waals surface area contributed by atoms with Gasteiger partial charge in [-0.1, -0.05) is 47.8 Å². The van der Waals surface area contributed by atoms with Crippen LogP contribution < -0.4 is 0 Å². The Kier molecular flexibility index (Phi) is 8.66. The molecule has 0 aromatic heterocycles. The Hall–Kier alpha value is 1.73. The largest absolute Gasteiger partial charge is 0.123 e. The third kappa shape index (κ3) is 7.83. The van der Waals surface area contributed by atoms with Crippen molar-refractivity contribution in [2.75, 3.05) is 5.33 Å². The van der Waals surface area contributed by atoms with E-state index in [1.54, 1.807) is 0 Å². The van der Waals surface area contributed by atoms with E-state index in [2.05, 4.69) is 47.8 Å². The Morgan fingerprint density at radius 1 is 1.30 bits per heavy atom. The molecule has 4 heteroatoms. The molecule has 0 aliphatic carbocycles. The standard InChI is InChI=1S/C6H10Br3Cl/c7-3-1-2-5(10)4-6(8)9/h5-6H,1-4H2. The summed E-state index contributed by atoms with van der Waals surface area (Å²) >= 11 is 16.1. The van der Waals surface area contributed by atoms with Crippen molar-refractivity contribution in [2.45, 2.75) is 28.4 Å². The molecular formula is C6H10Br3Cl. The Morgan fingerprint density at radius 3 is 2.30 bits per heavy atom. The highest BCUT2D eigenvalue weighted by molar-refractivity contribution is 9.24.